The zero-order valence-corrected chi connectivity index (χ0v) is 15.5. The number of rotatable bonds is 5. The highest BCUT2D eigenvalue weighted by molar-refractivity contribution is 5.85. The van der Waals surface area contributed by atoms with E-state index in [0.717, 1.165) is 43.6 Å². The van der Waals surface area contributed by atoms with Crippen LogP contribution >= 0.6 is 24.8 Å². The van der Waals surface area contributed by atoms with Gasteiger partial charge in [-0.25, -0.2) is 0 Å². The van der Waals surface area contributed by atoms with E-state index in [-0.39, 0.29) is 24.8 Å². The van der Waals surface area contributed by atoms with E-state index in [2.05, 4.69) is 36.2 Å². The second kappa shape index (κ2) is 9.58. The number of ether oxygens (including phenoxy) is 2. The molecule has 1 aromatic rings. The molecule has 0 amide bonds. The molecule has 0 aromatic heterocycles. The van der Waals surface area contributed by atoms with E-state index in [1.165, 1.54) is 18.4 Å². The second-order valence-electron chi connectivity index (χ2n) is 6.35. The topological polar surface area (TPSA) is 33.7 Å². The van der Waals surface area contributed by atoms with Crippen LogP contribution in [0.2, 0.25) is 0 Å². The minimum atomic E-state index is 0. The Labute approximate surface area is 151 Å². The molecule has 0 aliphatic carbocycles. The first-order valence-electron chi connectivity index (χ1n) is 8.09. The van der Waals surface area contributed by atoms with Crippen LogP contribution in [0.1, 0.15) is 38.3 Å². The van der Waals surface area contributed by atoms with Gasteiger partial charge < -0.3 is 14.8 Å². The van der Waals surface area contributed by atoms with Crippen LogP contribution in [0, 0.1) is 5.92 Å². The lowest BCUT2D eigenvalue weighted by Crippen LogP contribution is -2.45. The maximum absolute atomic E-state index is 5.74. The number of nitrogens with one attached hydrogen (secondary N) is 1. The van der Waals surface area contributed by atoms with E-state index < -0.39 is 0 Å². The maximum Gasteiger partial charge on any atom is 0.231 e. The summed E-state index contributed by atoms with van der Waals surface area (Å²) >= 11 is 0. The van der Waals surface area contributed by atoms with Gasteiger partial charge in [0.15, 0.2) is 11.5 Å². The normalized spacial score (nSPS) is 18.2. The Morgan fingerprint density at radius 1 is 1.09 bits per heavy atom. The lowest BCUT2D eigenvalue weighted by Gasteiger charge is -2.36. The van der Waals surface area contributed by atoms with Crippen molar-refractivity contribution >= 4 is 24.8 Å². The fourth-order valence-electron chi connectivity index (χ4n) is 3.23. The van der Waals surface area contributed by atoms with E-state index >= 15 is 0 Å². The van der Waals surface area contributed by atoms with Crippen molar-refractivity contribution in [2.24, 2.45) is 5.92 Å². The Balaban J connectivity index is 0.00000132. The van der Waals surface area contributed by atoms with Gasteiger partial charge in [-0.1, -0.05) is 26.0 Å². The molecular formula is C17H28Cl2N2O2. The largest absolute Gasteiger partial charge is 0.454 e. The van der Waals surface area contributed by atoms with Gasteiger partial charge in [-0.05, 0) is 24.8 Å². The zero-order valence-electron chi connectivity index (χ0n) is 13.9. The summed E-state index contributed by atoms with van der Waals surface area (Å²) in [7, 11) is 0. The molecule has 4 nitrogen and oxygen atoms in total. The Morgan fingerprint density at radius 3 is 2.52 bits per heavy atom. The monoisotopic (exact) mass is 362 g/mol. The number of hydrogen-bond donors (Lipinski definition) is 1. The SMILES string of the molecule is CC(C)CC[C@H](c1cccc2c1OCO2)N1CCNCC1.Cl.Cl. The molecule has 6 heteroatoms. The number of para-hydroxylation sites is 1. The number of hydrogen-bond acceptors (Lipinski definition) is 4. The molecule has 0 saturated carbocycles. The molecule has 0 unspecified atom stereocenters. The van der Waals surface area contributed by atoms with E-state index in [4.69, 9.17) is 9.47 Å². The first-order chi connectivity index (χ1) is 10.3. The van der Waals surface area contributed by atoms with Gasteiger partial charge in [-0.15, -0.1) is 24.8 Å². The van der Waals surface area contributed by atoms with Crippen molar-refractivity contribution in [3.63, 3.8) is 0 Å². The van der Waals surface area contributed by atoms with Gasteiger partial charge in [0.2, 0.25) is 6.79 Å². The molecule has 0 spiro atoms. The van der Waals surface area contributed by atoms with Gasteiger partial charge in [0.25, 0.3) is 0 Å². The molecule has 0 bridgehead atoms. The number of piperazine rings is 1. The van der Waals surface area contributed by atoms with E-state index in [1.807, 2.05) is 6.07 Å². The molecule has 1 atom stereocenters. The van der Waals surface area contributed by atoms with Gasteiger partial charge in [0, 0.05) is 37.8 Å². The summed E-state index contributed by atoms with van der Waals surface area (Å²) < 4.78 is 11.3. The maximum atomic E-state index is 5.74. The summed E-state index contributed by atoms with van der Waals surface area (Å²) in [5.41, 5.74) is 1.30. The summed E-state index contributed by atoms with van der Waals surface area (Å²) in [6.07, 6.45) is 2.41. The molecule has 2 aliphatic rings. The molecule has 2 heterocycles. The predicted octanol–water partition coefficient (Wildman–Crippen LogP) is 3.64. The Kier molecular flexibility index (Phi) is 8.48. The minimum Gasteiger partial charge on any atom is -0.454 e. The highest BCUT2D eigenvalue weighted by Gasteiger charge is 2.28. The molecule has 1 N–H and O–H groups in total. The number of halogens is 2. The number of fused-ring (bicyclic) bond motifs is 1. The summed E-state index contributed by atoms with van der Waals surface area (Å²) in [6, 6.07) is 6.74. The molecule has 3 rings (SSSR count). The van der Waals surface area contributed by atoms with Crippen LogP contribution in [0.3, 0.4) is 0 Å². The Morgan fingerprint density at radius 2 is 1.83 bits per heavy atom. The summed E-state index contributed by atoms with van der Waals surface area (Å²) in [5.74, 6) is 2.59. The number of benzene rings is 1. The average molecular weight is 363 g/mol. The van der Waals surface area contributed by atoms with Crippen molar-refractivity contribution in [3.8, 4) is 11.5 Å². The lowest BCUT2D eigenvalue weighted by molar-refractivity contribution is 0.150. The third-order valence-corrected chi connectivity index (χ3v) is 4.40. The van der Waals surface area contributed by atoms with E-state index in [0.29, 0.717) is 12.8 Å². The highest BCUT2D eigenvalue weighted by atomic mass is 35.5. The zero-order chi connectivity index (χ0) is 14.7. The van der Waals surface area contributed by atoms with Crippen LogP contribution in [0.15, 0.2) is 18.2 Å². The highest BCUT2D eigenvalue weighted by Crippen LogP contribution is 2.42. The summed E-state index contributed by atoms with van der Waals surface area (Å²) in [4.78, 5) is 2.59. The van der Waals surface area contributed by atoms with Gasteiger partial charge in [0.1, 0.15) is 0 Å². The standard InChI is InChI=1S/C17H26N2O2.2ClH/c1-13(2)6-7-15(19-10-8-18-9-11-19)14-4-3-5-16-17(14)21-12-20-16;;/h3-5,13,15,18H,6-12H2,1-2H3;2*1H/t15-;;/m1../s1. The molecule has 1 aromatic carbocycles. The fraction of sp³-hybridized carbons (Fsp3) is 0.647. The van der Waals surface area contributed by atoms with Gasteiger partial charge in [-0.3, -0.25) is 4.90 Å². The smallest absolute Gasteiger partial charge is 0.231 e. The quantitative estimate of drug-likeness (QED) is 0.866. The van der Waals surface area contributed by atoms with Crippen molar-refractivity contribution in [2.45, 2.75) is 32.7 Å². The Bertz CT molecular complexity index is 480. The van der Waals surface area contributed by atoms with Crippen LogP contribution in [0.25, 0.3) is 0 Å². The molecule has 23 heavy (non-hydrogen) atoms. The van der Waals surface area contributed by atoms with Crippen molar-refractivity contribution in [1.29, 1.82) is 0 Å². The summed E-state index contributed by atoms with van der Waals surface area (Å²) in [6.45, 7) is 9.30. The second-order valence-corrected chi connectivity index (χ2v) is 6.35. The van der Waals surface area contributed by atoms with Gasteiger partial charge in [0.05, 0.1) is 0 Å². The van der Waals surface area contributed by atoms with Crippen LogP contribution in [-0.2, 0) is 0 Å². The van der Waals surface area contributed by atoms with Crippen molar-refractivity contribution < 1.29 is 9.47 Å². The first kappa shape index (κ1) is 20.4. The molecular weight excluding hydrogens is 335 g/mol. The third kappa shape index (κ3) is 4.90. The molecule has 132 valence electrons. The van der Waals surface area contributed by atoms with Gasteiger partial charge in [-0.2, -0.15) is 0 Å². The summed E-state index contributed by atoms with van der Waals surface area (Å²) in [5, 5.41) is 3.44. The van der Waals surface area contributed by atoms with Gasteiger partial charge >= 0.3 is 0 Å². The minimum absolute atomic E-state index is 0. The fourth-order valence-corrected chi connectivity index (χ4v) is 3.23. The predicted molar refractivity (Wildman–Crippen MR) is 98.3 cm³/mol. The lowest BCUT2D eigenvalue weighted by atomic mass is 9.95. The molecule has 1 saturated heterocycles. The van der Waals surface area contributed by atoms with E-state index in [9.17, 15) is 0 Å². The van der Waals surface area contributed by atoms with Crippen LogP contribution < -0.4 is 14.8 Å². The first-order valence-corrected chi connectivity index (χ1v) is 8.09. The van der Waals surface area contributed by atoms with Crippen molar-refractivity contribution in [1.82, 2.24) is 10.2 Å². The van der Waals surface area contributed by atoms with E-state index in [1.54, 1.807) is 0 Å². The molecule has 0 radical (unpaired) electrons. The van der Waals surface area contributed by atoms with Crippen molar-refractivity contribution in [3.05, 3.63) is 23.8 Å². The van der Waals surface area contributed by atoms with Crippen LogP contribution in [0.4, 0.5) is 0 Å². The molecule has 1 fully saturated rings. The number of nitrogens with zero attached hydrogens (tertiary/aromatic N) is 1. The van der Waals surface area contributed by atoms with Crippen LogP contribution in [-0.4, -0.2) is 37.9 Å². The average Bonchev–Trinajstić information content (AvgIpc) is 2.97. The molecule has 2 aliphatic heterocycles. The Hall–Kier alpha value is -0.680. The van der Waals surface area contributed by atoms with Crippen molar-refractivity contribution in [2.75, 3.05) is 33.0 Å². The van der Waals surface area contributed by atoms with Crippen LogP contribution in [0.5, 0.6) is 11.5 Å². The third-order valence-electron chi connectivity index (χ3n) is 4.40.